The molecule has 3 aromatic heterocycles. The Hall–Kier alpha value is -4.06. The molecule has 178 valence electrons. The highest BCUT2D eigenvalue weighted by Crippen LogP contribution is 2.23. The van der Waals surface area contributed by atoms with Gasteiger partial charge in [0.05, 0.1) is 24.2 Å². The smallest absolute Gasteiger partial charge is 0.281 e. The Morgan fingerprint density at radius 1 is 1.11 bits per heavy atom. The van der Waals surface area contributed by atoms with Crippen molar-refractivity contribution in [3.8, 4) is 0 Å². The number of carbonyl (C=O) groups is 1. The van der Waals surface area contributed by atoms with E-state index in [1.54, 1.807) is 11.4 Å². The molecule has 1 N–H and O–H groups in total. The van der Waals surface area contributed by atoms with Gasteiger partial charge in [0.1, 0.15) is 17.2 Å². The summed E-state index contributed by atoms with van der Waals surface area (Å²) in [4.78, 5) is 25.7. The van der Waals surface area contributed by atoms with E-state index in [4.69, 9.17) is 0 Å². The highest BCUT2D eigenvalue weighted by atomic mass is 32.2. The lowest BCUT2D eigenvalue weighted by atomic mass is 10.1. The van der Waals surface area contributed by atoms with Crippen LogP contribution in [0.5, 0.6) is 0 Å². The van der Waals surface area contributed by atoms with Gasteiger partial charge in [0.25, 0.3) is 5.56 Å². The number of hydrogen-bond donors (Lipinski definition) is 1. The summed E-state index contributed by atoms with van der Waals surface area (Å²) in [5.41, 5.74) is 2.36. The molecule has 5 rings (SSSR count). The van der Waals surface area contributed by atoms with Crippen molar-refractivity contribution < 1.29 is 13.6 Å². The molecule has 0 radical (unpaired) electrons. The number of anilines is 1. The van der Waals surface area contributed by atoms with E-state index in [0.29, 0.717) is 22.0 Å². The molecule has 35 heavy (non-hydrogen) atoms. The van der Waals surface area contributed by atoms with E-state index >= 15 is 0 Å². The average Bonchev–Trinajstić information content (AvgIpc) is 3.42. The van der Waals surface area contributed by atoms with Crippen molar-refractivity contribution in [2.75, 3.05) is 11.1 Å². The maximum atomic E-state index is 13.9. The largest absolute Gasteiger partial charge is 0.323 e. The lowest BCUT2D eigenvalue weighted by Gasteiger charge is -2.10. The first kappa shape index (κ1) is 22.7. The molecular formula is C23H19F2N7O2S. The van der Waals surface area contributed by atoms with Gasteiger partial charge < -0.3 is 5.32 Å². The zero-order valence-electron chi connectivity index (χ0n) is 18.7. The van der Waals surface area contributed by atoms with Crippen molar-refractivity contribution >= 4 is 40.2 Å². The van der Waals surface area contributed by atoms with Crippen LogP contribution >= 0.6 is 11.8 Å². The van der Waals surface area contributed by atoms with Gasteiger partial charge in [-0.15, -0.1) is 10.2 Å². The van der Waals surface area contributed by atoms with Gasteiger partial charge in [-0.1, -0.05) is 41.6 Å². The minimum absolute atomic E-state index is 0.143. The molecule has 12 heteroatoms. The summed E-state index contributed by atoms with van der Waals surface area (Å²) in [7, 11) is 1.67. The Morgan fingerprint density at radius 3 is 2.66 bits per heavy atom. The van der Waals surface area contributed by atoms with Crippen LogP contribution < -0.4 is 10.9 Å². The second-order valence-electron chi connectivity index (χ2n) is 7.96. The van der Waals surface area contributed by atoms with Gasteiger partial charge in [0.15, 0.2) is 10.7 Å². The monoisotopic (exact) mass is 495 g/mol. The van der Waals surface area contributed by atoms with Crippen LogP contribution in [0.25, 0.3) is 16.8 Å². The lowest BCUT2D eigenvalue weighted by Crippen LogP contribution is -2.25. The van der Waals surface area contributed by atoms with E-state index in [2.05, 4.69) is 20.6 Å². The molecule has 0 spiro atoms. The van der Waals surface area contributed by atoms with Crippen molar-refractivity contribution in [3.63, 3.8) is 0 Å². The third-order valence-electron chi connectivity index (χ3n) is 5.46. The number of amides is 1. The van der Waals surface area contributed by atoms with Crippen molar-refractivity contribution in [2.24, 2.45) is 7.05 Å². The fourth-order valence-corrected chi connectivity index (χ4v) is 4.47. The number of thioether (sulfide) groups is 1. The molecule has 1 amide bonds. The number of aryl methyl sites for hydroxylation is 2. The highest BCUT2D eigenvalue weighted by Gasteiger charge is 2.20. The van der Waals surface area contributed by atoms with E-state index in [9.17, 15) is 18.4 Å². The van der Waals surface area contributed by atoms with Gasteiger partial charge in [0.2, 0.25) is 11.7 Å². The second kappa shape index (κ2) is 8.95. The molecule has 0 saturated carbocycles. The molecule has 9 nitrogen and oxygen atoms in total. The third-order valence-corrected chi connectivity index (χ3v) is 6.39. The number of carbonyl (C=O) groups excluding carboxylic acids is 1. The predicted octanol–water partition coefficient (Wildman–Crippen LogP) is 3.14. The highest BCUT2D eigenvalue weighted by molar-refractivity contribution is 7.99. The van der Waals surface area contributed by atoms with Crippen LogP contribution in [0.2, 0.25) is 0 Å². The van der Waals surface area contributed by atoms with E-state index < -0.39 is 17.5 Å². The van der Waals surface area contributed by atoms with E-state index in [1.807, 2.05) is 31.2 Å². The minimum Gasteiger partial charge on any atom is -0.323 e. The normalized spacial score (nSPS) is 11.4. The molecule has 0 aliphatic carbocycles. The number of benzene rings is 2. The minimum atomic E-state index is -0.741. The number of hydrogen-bond acceptors (Lipinski definition) is 6. The van der Waals surface area contributed by atoms with Crippen LogP contribution in [0.15, 0.2) is 58.6 Å². The molecule has 0 aliphatic rings. The molecule has 0 saturated heterocycles. The van der Waals surface area contributed by atoms with Gasteiger partial charge in [0, 0.05) is 13.1 Å². The van der Waals surface area contributed by atoms with Crippen LogP contribution in [0.3, 0.4) is 0 Å². The molecule has 0 bridgehead atoms. The zero-order chi connectivity index (χ0) is 24.7. The molecule has 0 atom stereocenters. The topological polar surface area (TPSA) is 99.1 Å². The summed E-state index contributed by atoms with van der Waals surface area (Å²) < 4.78 is 31.9. The quantitative estimate of drug-likeness (QED) is 0.364. The number of rotatable bonds is 6. The summed E-state index contributed by atoms with van der Waals surface area (Å²) in [6.45, 7) is 2.25. The van der Waals surface area contributed by atoms with Crippen molar-refractivity contribution in [2.45, 2.75) is 18.6 Å². The Balaban J connectivity index is 1.49. The van der Waals surface area contributed by atoms with Crippen LogP contribution in [-0.2, 0) is 18.4 Å². The van der Waals surface area contributed by atoms with E-state index in [-0.39, 0.29) is 23.5 Å². The van der Waals surface area contributed by atoms with Gasteiger partial charge in [-0.25, -0.2) is 8.78 Å². The average molecular weight is 496 g/mol. The van der Waals surface area contributed by atoms with E-state index in [0.717, 1.165) is 41.1 Å². The first-order valence-electron chi connectivity index (χ1n) is 10.5. The predicted molar refractivity (Wildman–Crippen MR) is 128 cm³/mol. The zero-order valence-corrected chi connectivity index (χ0v) is 19.5. The molecule has 0 unspecified atom stereocenters. The molecule has 0 fully saturated rings. The summed E-state index contributed by atoms with van der Waals surface area (Å²) in [6, 6.07) is 10.6. The van der Waals surface area contributed by atoms with Crippen molar-refractivity contribution in [1.82, 2.24) is 28.9 Å². The SMILES string of the molecule is Cc1ccc(Cn2c(=O)c3c(cnn3C)n3c(SCC(=O)Nc4cc(F)ccc4F)nnc23)cc1. The summed E-state index contributed by atoms with van der Waals surface area (Å²) in [5.74, 6) is -1.80. The Bertz CT molecular complexity index is 1640. The molecular weight excluding hydrogens is 476 g/mol. The van der Waals surface area contributed by atoms with Crippen LogP contribution in [-0.4, -0.2) is 40.6 Å². The molecule has 0 aliphatic heterocycles. The third kappa shape index (κ3) is 4.28. The molecule has 3 heterocycles. The molecule has 2 aromatic carbocycles. The van der Waals surface area contributed by atoms with Crippen LogP contribution in [0.1, 0.15) is 11.1 Å². The Morgan fingerprint density at radius 2 is 1.89 bits per heavy atom. The first-order valence-corrected chi connectivity index (χ1v) is 11.5. The van der Waals surface area contributed by atoms with E-state index in [1.165, 1.54) is 15.4 Å². The standard InChI is InChI=1S/C23H19F2N7O2S/c1-13-3-5-14(6-4-13)11-31-21(34)20-18(10-26-30(20)2)32-22(31)28-29-23(32)35-12-19(33)27-17-9-15(24)7-8-16(17)25/h3-10H,11-12H2,1-2H3,(H,27,33). The van der Waals surface area contributed by atoms with Gasteiger partial charge >= 0.3 is 0 Å². The second-order valence-corrected chi connectivity index (χ2v) is 8.90. The first-order chi connectivity index (χ1) is 16.8. The number of fused-ring (bicyclic) bond motifs is 3. The Kier molecular flexibility index (Phi) is 5.81. The number of nitrogens with zero attached hydrogens (tertiary/aromatic N) is 6. The maximum Gasteiger partial charge on any atom is 0.281 e. The summed E-state index contributed by atoms with van der Waals surface area (Å²) in [5, 5.41) is 15.3. The fourth-order valence-electron chi connectivity index (χ4n) is 3.73. The lowest BCUT2D eigenvalue weighted by molar-refractivity contribution is -0.113. The van der Waals surface area contributed by atoms with Crippen molar-refractivity contribution in [3.05, 3.63) is 81.8 Å². The van der Waals surface area contributed by atoms with Crippen LogP contribution in [0, 0.1) is 18.6 Å². The van der Waals surface area contributed by atoms with Crippen molar-refractivity contribution in [1.29, 1.82) is 0 Å². The van der Waals surface area contributed by atoms with Gasteiger partial charge in [-0.2, -0.15) is 5.10 Å². The van der Waals surface area contributed by atoms with Gasteiger partial charge in [-0.05, 0) is 24.6 Å². The number of halogens is 2. The number of nitrogens with one attached hydrogen (secondary N) is 1. The van der Waals surface area contributed by atoms with Gasteiger partial charge in [-0.3, -0.25) is 23.2 Å². The fraction of sp³-hybridized carbons (Fsp3) is 0.174. The summed E-state index contributed by atoms with van der Waals surface area (Å²) >= 11 is 1.05. The summed E-state index contributed by atoms with van der Waals surface area (Å²) in [6.07, 6.45) is 1.54. The Labute approximate surface area is 201 Å². The van der Waals surface area contributed by atoms with Crippen LogP contribution in [0.4, 0.5) is 14.5 Å². The molecule has 5 aromatic rings. The maximum absolute atomic E-state index is 13.9. The number of aromatic nitrogens is 6.